The first-order valence-electron chi connectivity index (χ1n) is 13.3. The second-order valence-corrected chi connectivity index (χ2v) is 10.8. The van der Waals surface area contributed by atoms with E-state index >= 15 is 0 Å². The Kier molecular flexibility index (Phi) is 7.82. The number of hydrogen-bond donors (Lipinski definition) is 0. The Labute approximate surface area is 219 Å². The zero-order valence-corrected chi connectivity index (χ0v) is 22.1. The number of piperidine rings is 1. The van der Waals surface area contributed by atoms with E-state index < -0.39 is 0 Å². The van der Waals surface area contributed by atoms with E-state index in [1.807, 2.05) is 12.1 Å². The SMILES string of the molecule is CC(C)(C)c1nc2ccc(OCCCN3CCC(OC(c4ccccc4)c4ccccc4)CC3)nn2n1. The molecule has 0 atom stereocenters. The molecule has 3 heterocycles. The van der Waals surface area contributed by atoms with Crippen molar-refractivity contribution in [3.8, 4) is 5.88 Å². The first-order chi connectivity index (χ1) is 18.0. The van der Waals surface area contributed by atoms with Gasteiger partial charge in [0.15, 0.2) is 11.5 Å². The van der Waals surface area contributed by atoms with Crippen molar-refractivity contribution in [3.05, 3.63) is 89.7 Å². The molecule has 0 spiro atoms. The van der Waals surface area contributed by atoms with Gasteiger partial charge in [0.25, 0.3) is 0 Å². The minimum Gasteiger partial charge on any atom is -0.477 e. The molecule has 0 radical (unpaired) electrons. The van der Waals surface area contributed by atoms with Crippen LogP contribution in [0.2, 0.25) is 0 Å². The molecule has 0 bridgehead atoms. The summed E-state index contributed by atoms with van der Waals surface area (Å²) in [4.78, 5) is 7.06. The van der Waals surface area contributed by atoms with Crippen LogP contribution in [0.4, 0.5) is 0 Å². The molecule has 1 saturated heterocycles. The zero-order valence-electron chi connectivity index (χ0n) is 22.1. The van der Waals surface area contributed by atoms with Gasteiger partial charge < -0.3 is 14.4 Å². The highest BCUT2D eigenvalue weighted by Crippen LogP contribution is 2.30. The summed E-state index contributed by atoms with van der Waals surface area (Å²) in [5, 5.41) is 8.98. The molecule has 0 N–H and O–H groups in total. The van der Waals surface area contributed by atoms with Gasteiger partial charge >= 0.3 is 0 Å². The van der Waals surface area contributed by atoms with Gasteiger partial charge in [0.05, 0.1) is 12.7 Å². The first kappa shape index (κ1) is 25.4. The number of aromatic nitrogens is 4. The summed E-state index contributed by atoms with van der Waals surface area (Å²) in [6.45, 7) is 10.0. The maximum absolute atomic E-state index is 6.68. The Bertz CT molecular complexity index is 1220. The minimum atomic E-state index is -0.114. The van der Waals surface area contributed by atoms with Crippen LogP contribution in [0.1, 0.15) is 63.1 Å². The maximum atomic E-state index is 6.68. The zero-order chi connectivity index (χ0) is 25.7. The van der Waals surface area contributed by atoms with E-state index in [0.717, 1.165) is 50.4 Å². The number of rotatable bonds is 9. The molecule has 1 fully saturated rings. The molecule has 5 rings (SSSR count). The fraction of sp³-hybridized carbons (Fsp3) is 0.433. The molecule has 2 aromatic heterocycles. The van der Waals surface area contributed by atoms with Gasteiger partial charge in [-0.2, -0.15) is 0 Å². The Hall–Kier alpha value is -3.29. The summed E-state index contributed by atoms with van der Waals surface area (Å²) in [5.41, 5.74) is 3.04. The highest BCUT2D eigenvalue weighted by molar-refractivity contribution is 5.37. The normalized spacial score (nSPS) is 15.5. The third-order valence-corrected chi connectivity index (χ3v) is 6.79. The first-order valence-corrected chi connectivity index (χ1v) is 13.3. The standard InChI is InChI=1S/C30H37N5O2/c1-30(2,3)29-31-26-15-16-27(32-35(26)33-29)36-22-10-19-34-20-17-25(18-21-34)37-28(23-11-6-4-7-12-23)24-13-8-5-9-14-24/h4-9,11-16,25,28H,10,17-22H2,1-3H3. The lowest BCUT2D eigenvalue weighted by Crippen LogP contribution is -2.38. The number of fused-ring (bicyclic) bond motifs is 1. The summed E-state index contributed by atoms with van der Waals surface area (Å²) in [6, 6.07) is 24.9. The largest absolute Gasteiger partial charge is 0.477 e. The summed E-state index contributed by atoms with van der Waals surface area (Å²) in [7, 11) is 0. The van der Waals surface area contributed by atoms with Crippen LogP contribution in [0.25, 0.3) is 5.65 Å². The maximum Gasteiger partial charge on any atom is 0.233 e. The lowest BCUT2D eigenvalue weighted by Gasteiger charge is -2.34. The van der Waals surface area contributed by atoms with Gasteiger partial charge in [0.1, 0.15) is 6.10 Å². The summed E-state index contributed by atoms with van der Waals surface area (Å²) in [6.07, 6.45) is 3.26. The van der Waals surface area contributed by atoms with Gasteiger partial charge in [-0.25, -0.2) is 4.98 Å². The fourth-order valence-electron chi connectivity index (χ4n) is 4.69. The van der Waals surface area contributed by atoms with Crippen molar-refractivity contribution in [2.24, 2.45) is 0 Å². The van der Waals surface area contributed by atoms with E-state index in [1.54, 1.807) is 4.63 Å². The number of ether oxygens (including phenoxy) is 2. The van der Waals surface area contributed by atoms with Crippen LogP contribution in [0.15, 0.2) is 72.8 Å². The molecule has 4 aromatic rings. The monoisotopic (exact) mass is 499 g/mol. The number of benzene rings is 2. The molecule has 0 aliphatic carbocycles. The molecule has 194 valence electrons. The Morgan fingerprint density at radius 3 is 2.14 bits per heavy atom. The van der Waals surface area contributed by atoms with Crippen LogP contribution in [0.5, 0.6) is 5.88 Å². The van der Waals surface area contributed by atoms with Gasteiger partial charge in [-0.3, -0.25) is 0 Å². The van der Waals surface area contributed by atoms with Crippen LogP contribution < -0.4 is 4.74 Å². The molecular formula is C30H37N5O2. The summed E-state index contributed by atoms with van der Waals surface area (Å²) < 4.78 is 14.2. The molecule has 2 aromatic carbocycles. The predicted octanol–water partition coefficient (Wildman–Crippen LogP) is 5.46. The van der Waals surface area contributed by atoms with E-state index in [0.29, 0.717) is 12.5 Å². The second-order valence-electron chi connectivity index (χ2n) is 10.8. The van der Waals surface area contributed by atoms with Crippen molar-refractivity contribution in [2.45, 2.75) is 57.7 Å². The molecule has 0 unspecified atom stereocenters. The minimum absolute atomic E-state index is 0.0262. The molecule has 1 aliphatic rings. The fourth-order valence-corrected chi connectivity index (χ4v) is 4.69. The summed E-state index contributed by atoms with van der Waals surface area (Å²) >= 11 is 0. The topological polar surface area (TPSA) is 64.8 Å². The molecule has 37 heavy (non-hydrogen) atoms. The number of nitrogens with zero attached hydrogens (tertiary/aromatic N) is 5. The van der Waals surface area contributed by atoms with E-state index in [-0.39, 0.29) is 17.6 Å². The molecule has 0 amide bonds. The lowest BCUT2D eigenvalue weighted by atomic mass is 9.96. The van der Waals surface area contributed by atoms with Gasteiger partial charge in [0, 0.05) is 31.1 Å². The van der Waals surface area contributed by atoms with Crippen LogP contribution in [-0.2, 0) is 10.2 Å². The van der Waals surface area contributed by atoms with E-state index in [1.165, 1.54) is 11.1 Å². The van der Waals surface area contributed by atoms with Crippen molar-refractivity contribution >= 4 is 5.65 Å². The van der Waals surface area contributed by atoms with Crippen molar-refractivity contribution in [1.82, 2.24) is 24.7 Å². The van der Waals surface area contributed by atoms with Gasteiger partial charge in [-0.15, -0.1) is 14.8 Å². The Morgan fingerprint density at radius 1 is 0.865 bits per heavy atom. The quantitative estimate of drug-likeness (QED) is 0.285. The third-order valence-electron chi connectivity index (χ3n) is 6.79. The molecule has 7 nitrogen and oxygen atoms in total. The Morgan fingerprint density at radius 2 is 1.51 bits per heavy atom. The molecule has 7 heteroatoms. The smallest absolute Gasteiger partial charge is 0.233 e. The highest BCUT2D eigenvalue weighted by Gasteiger charge is 2.25. The van der Waals surface area contributed by atoms with Crippen LogP contribution in [0.3, 0.4) is 0 Å². The second kappa shape index (κ2) is 11.4. The van der Waals surface area contributed by atoms with Crippen LogP contribution >= 0.6 is 0 Å². The van der Waals surface area contributed by atoms with E-state index in [9.17, 15) is 0 Å². The highest BCUT2D eigenvalue weighted by atomic mass is 16.5. The Balaban J connectivity index is 1.08. The third kappa shape index (κ3) is 6.53. The number of hydrogen-bond acceptors (Lipinski definition) is 6. The van der Waals surface area contributed by atoms with Crippen molar-refractivity contribution in [1.29, 1.82) is 0 Å². The van der Waals surface area contributed by atoms with Crippen LogP contribution in [0, 0.1) is 0 Å². The van der Waals surface area contributed by atoms with Crippen LogP contribution in [-0.4, -0.2) is 57.1 Å². The average Bonchev–Trinajstić information content (AvgIpc) is 3.36. The van der Waals surface area contributed by atoms with Crippen molar-refractivity contribution < 1.29 is 9.47 Å². The van der Waals surface area contributed by atoms with E-state index in [4.69, 9.17) is 9.47 Å². The molecular weight excluding hydrogens is 462 g/mol. The average molecular weight is 500 g/mol. The van der Waals surface area contributed by atoms with Crippen molar-refractivity contribution in [2.75, 3.05) is 26.2 Å². The molecule has 0 saturated carbocycles. The van der Waals surface area contributed by atoms with Gasteiger partial charge in [0.2, 0.25) is 5.88 Å². The lowest BCUT2D eigenvalue weighted by molar-refractivity contribution is -0.0273. The van der Waals surface area contributed by atoms with Gasteiger partial charge in [-0.05, 0) is 36.5 Å². The van der Waals surface area contributed by atoms with Gasteiger partial charge in [-0.1, -0.05) is 81.4 Å². The number of likely N-dealkylation sites (tertiary alicyclic amines) is 1. The van der Waals surface area contributed by atoms with Crippen molar-refractivity contribution in [3.63, 3.8) is 0 Å². The summed E-state index contributed by atoms with van der Waals surface area (Å²) in [5.74, 6) is 1.36. The molecule has 1 aliphatic heterocycles. The van der Waals surface area contributed by atoms with E-state index in [2.05, 4.69) is 102 Å². The predicted molar refractivity (Wildman–Crippen MR) is 145 cm³/mol.